The van der Waals surface area contributed by atoms with Gasteiger partial charge >= 0.3 is 0 Å². The highest BCUT2D eigenvalue weighted by Gasteiger charge is 2.11. The molecule has 3 N–H and O–H groups in total. The molecule has 8 heteroatoms. The lowest BCUT2D eigenvalue weighted by Gasteiger charge is -2.15. The second kappa shape index (κ2) is 12.5. The van der Waals surface area contributed by atoms with Crippen LogP contribution in [-0.2, 0) is 6.54 Å². The summed E-state index contributed by atoms with van der Waals surface area (Å²) in [6, 6.07) is 4.52. The number of nitrogens with two attached hydrogens (primary N) is 1. The molecular weight excluding hydrogens is 381 g/mol. The van der Waals surface area contributed by atoms with Crippen LogP contribution in [-0.4, -0.2) is 31.3 Å². The van der Waals surface area contributed by atoms with Crippen molar-refractivity contribution < 1.29 is 9.47 Å². The van der Waals surface area contributed by atoms with Gasteiger partial charge < -0.3 is 20.5 Å². The number of nitrogens with zero attached hydrogens (tertiary/aromatic N) is 1. The number of fused-ring (bicyclic) bond motifs is 1. The standard InChI is InChI=1S/C17H27N3O2S.2ClH/c1-4-12(5-2)19-7-6-8-22-15-9-13-16(10-14(15)21-3)23-17(11-18)20-13;;/h9-10,12,19H,4-8,11,18H2,1-3H3;2*1H. The van der Waals surface area contributed by atoms with E-state index in [1.807, 2.05) is 12.1 Å². The molecule has 5 nitrogen and oxygen atoms in total. The average Bonchev–Trinajstić information content (AvgIpc) is 2.99. The number of methoxy groups -OCH3 is 1. The highest BCUT2D eigenvalue weighted by molar-refractivity contribution is 7.18. The van der Waals surface area contributed by atoms with Gasteiger partial charge in [-0.25, -0.2) is 4.98 Å². The lowest BCUT2D eigenvalue weighted by atomic mass is 10.2. The summed E-state index contributed by atoms with van der Waals surface area (Å²) in [6.07, 6.45) is 3.28. The molecule has 0 aliphatic rings. The van der Waals surface area contributed by atoms with E-state index in [1.54, 1.807) is 18.4 Å². The fraction of sp³-hybridized carbons (Fsp3) is 0.588. The summed E-state index contributed by atoms with van der Waals surface area (Å²) in [5, 5.41) is 4.46. The van der Waals surface area contributed by atoms with E-state index in [4.69, 9.17) is 15.2 Å². The van der Waals surface area contributed by atoms with E-state index in [-0.39, 0.29) is 24.8 Å². The summed E-state index contributed by atoms with van der Waals surface area (Å²) in [5.41, 5.74) is 6.58. The number of ether oxygens (including phenoxy) is 2. The summed E-state index contributed by atoms with van der Waals surface area (Å²) in [7, 11) is 1.66. The molecule has 1 aromatic carbocycles. The Bertz CT molecular complexity index is 621. The van der Waals surface area contributed by atoms with Gasteiger partial charge in [-0.2, -0.15) is 0 Å². The third-order valence-corrected chi connectivity index (χ3v) is 4.93. The number of aromatic nitrogens is 1. The Morgan fingerprint density at radius 1 is 1.20 bits per heavy atom. The first-order chi connectivity index (χ1) is 11.2. The van der Waals surface area contributed by atoms with Gasteiger partial charge in [0.05, 0.1) is 23.9 Å². The Labute approximate surface area is 166 Å². The second-order valence-electron chi connectivity index (χ2n) is 5.45. The van der Waals surface area contributed by atoms with Gasteiger partial charge in [0.1, 0.15) is 5.01 Å². The van der Waals surface area contributed by atoms with Gasteiger partial charge in [-0.1, -0.05) is 13.8 Å². The van der Waals surface area contributed by atoms with E-state index < -0.39 is 0 Å². The highest BCUT2D eigenvalue weighted by Crippen LogP contribution is 2.34. The van der Waals surface area contributed by atoms with Gasteiger partial charge in [0.25, 0.3) is 0 Å². The number of hydrogen-bond acceptors (Lipinski definition) is 6. The number of thiazole rings is 1. The van der Waals surface area contributed by atoms with Crippen LogP contribution in [0.4, 0.5) is 0 Å². The molecule has 0 amide bonds. The van der Waals surface area contributed by atoms with E-state index in [9.17, 15) is 0 Å². The smallest absolute Gasteiger partial charge is 0.163 e. The van der Waals surface area contributed by atoms with Gasteiger partial charge in [-0.05, 0) is 25.8 Å². The SMILES string of the molecule is CCC(CC)NCCCOc1cc2nc(CN)sc2cc1OC.Cl.Cl. The summed E-state index contributed by atoms with van der Waals surface area (Å²) in [6.45, 7) is 6.50. The molecule has 25 heavy (non-hydrogen) atoms. The van der Waals surface area contributed by atoms with Crippen LogP contribution in [0.2, 0.25) is 0 Å². The van der Waals surface area contributed by atoms with E-state index in [2.05, 4.69) is 24.1 Å². The number of benzene rings is 1. The van der Waals surface area contributed by atoms with Crippen molar-refractivity contribution >= 4 is 46.4 Å². The molecule has 0 saturated heterocycles. The van der Waals surface area contributed by atoms with Crippen molar-refractivity contribution in [3.05, 3.63) is 17.1 Å². The molecule has 0 unspecified atom stereocenters. The maximum Gasteiger partial charge on any atom is 0.163 e. The predicted molar refractivity (Wildman–Crippen MR) is 111 cm³/mol. The normalized spacial score (nSPS) is 10.4. The Kier molecular flexibility index (Phi) is 12.1. The number of hydrogen-bond donors (Lipinski definition) is 2. The fourth-order valence-electron chi connectivity index (χ4n) is 2.48. The molecule has 0 bridgehead atoms. The molecule has 0 fully saturated rings. The van der Waals surface area contributed by atoms with Gasteiger partial charge in [0.2, 0.25) is 0 Å². The molecular formula is C17H29Cl2N3O2S. The minimum Gasteiger partial charge on any atom is -0.493 e. The molecule has 1 heterocycles. The molecule has 0 radical (unpaired) electrons. The van der Waals surface area contributed by atoms with Crippen molar-refractivity contribution in [2.24, 2.45) is 5.73 Å². The van der Waals surface area contributed by atoms with Crippen molar-refractivity contribution in [2.75, 3.05) is 20.3 Å². The van der Waals surface area contributed by atoms with E-state index in [1.165, 1.54) is 0 Å². The van der Waals surface area contributed by atoms with Gasteiger partial charge in [0, 0.05) is 24.7 Å². The van der Waals surface area contributed by atoms with E-state index >= 15 is 0 Å². The second-order valence-corrected chi connectivity index (χ2v) is 6.57. The Balaban J connectivity index is 0.00000288. The molecule has 0 aliphatic carbocycles. The lowest BCUT2D eigenvalue weighted by Crippen LogP contribution is -2.29. The predicted octanol–water partition coefficient (Wildman–Crippen LogP) is 4.15. The molecule has 2 aromatic rings. The highest BCUT2D eigenvalue weighted by atomic mass is 35.5. The van der Waals surface area contributed by atoms with Crippen LogP contribution in [0.3, 0.4) is 0 Å². The minimum absolute atomic E-state index is 0. The summed E-state index contributed by atoms with van der Waals surface area (Å²) in [4.78, 5) is 4.50. The van der Waals surface area contributed by atoms with Crippen molar-refractivity contribution in [2.45, 2.75) is 45.7 Å². The van der Waals surface area contributed by atoms with Crippen LogP contribution >= 0.6 is 36.2 Å². The monoisotopic (exact) mass is 409 g/mol. The van der Waals surface area contributed by atoms with Crippen LogP contribution in [0, 0.1) is 0 Å². The third kappa shape index (κ3) is 6.79. The molecule has 0 atom stereocenters. The van der Waals surface area contributed by atoms with Crippen molar-refractivity contribution in [1.29, 1.82) is 0 Å². The van der Waals surface area contributed by atoms with Gasteiger partial charge in [-0.3, -0.25) is 0 Å². The lowest BCUT2D eigenvalue weighted by molar-refractivity contribution is 0.285. The Hall–Kier alpha value is -0.790. The molecule has 0 spiro atoms. The van der Waals surface area contributed by atoms with Crippen molar-refractivity contribution in [3.8, 4) is 11.5 Å². The Morgan fingerprint density at radius 3 is 2.52 bits per heavy atom. The van der Waals surface area contributed by atoms with Crippen LogP contribution in [0.5, 0.6) is 11.5 Å². The summed E-state index contributed by atoms with van der Waals surface area (Å²) in [5.74, 6) is 1.49. The minimum atomic E-state index is 0. The molecule has 144 valence electrons. The van der Waals surface area contributed by atoms with Crippen LogP contribution in [0.1, 0.15) is 38.1 Å². The molecule has 0 aliphatic heterocycles. The first-order valence-corrected chi connectivity index (χ1v) is 9.07. The Morgan fingerprint density at radius 2 is 1.92 bits per heavy atom. The van der Waals surface area contributed by atoms with Crippen molar-refractivity contribution in [1.82, 2.24) is 10.3 Å². The summed E-state index contributed by atoms with van der Waals surface area (Å²) >= 11 is 1.59. The quantitative estimate of drug-likeness (QED) is 0.576. The maximum absolute atomic E-state index is 5.90. The van der Waals surface area contributed by atoms with Crippen LogP contribution < -0.4 is 20.5 Å². The fourth-order valence-corrected chi connectivity index (χ4v) is 3.34. The first kappa shape index (κ1) is 24.2. The number of nitrogens with one attached hydrogen (secondary N) is 1. The van der Waals surface area contributed by atoms with Gasteiger partial charge in [0.15, 0.2) is 11.5 Å². The van der Waals surface area contributed by atoms with Crippen LogP contribution in [0.15, 0.2) is 12.1 Å². The van der Waals surface area contributed by atoms with E-state index in [0.29, 0.717) is 19.2 Å². The van der Waals surface area contributed by atoms with Gasteiger partial charge in [-0.15, -0.1) is 36.2 Å². The number of rotatable bonds is 10. The zero-order valence-electron chi connectivity index (χ0n) is 15.0. The average molecular weight is 410 g/mol. The maximum atomic E-state index is 5.90. The van der Waals surface area contributed by atoms with Crippen molar-refractivity contribution in [3.63, 3.8) is 0 Å². The first-order valence-electron chi connectivity index (χ1n) is 8.25. The third-order valence-electron chi connectivity index (χ3n) is 3.89. The summed E-state index contributed by atoms with van der Waals surface area (Å²) < 4.78 is 12.4. The molecule has 0 saturated carbocycles. The number of halogens is 2. The molecule has 1 aromatic heterocycles. The molecule has 2 rings (SSSR count). The topological polar surface area (TPSA) is 69.4 Å². The van der Waals surface area contributed by atoms with Crippen LogP contribution in [0.25, 0.3) is 10.2 Å². The van der Waals surface area contributed by atoms with E-state index in [0.717, 1.165) is 52.5 Å². The largest absolute Gasteiger partial charge is 0.493 e. The zero-order chi connectivity index (χ0) is 16.7. The zero-order valence-corrected chi connectivity index (χ0v) is 17.5.